The van der Waals surface area contributed by atoms with E-state index in [0.29, 0.717) is 24.8 Å². The summed E-state index contributed by atoms with van der Waals surface area (Å²) in [5.74, 6) is 3.26. The van der Waals surface area contributed by atoms with Crippen LogP contribution in [-0.2, 0) is 11.3 Å². The first-order valence-corrected chi connectivity index (χ1v) is 10.2. The Morgan fingerprint density at radius 2 is 1.93 bits per heavy atom. The van der Waals surface area contributed by atoms with Crippen molar-refractivity contribution in [2.24, 2.45) is 11.8 Å². The zero-order valence-corrected chi connectivity index (χ0v) is 17.7. The van der Waals surface area contributed by atoms with Gasteiger partial charge in [-0.2, -0.15) is 0 Å². The van der Waals surface area contributed by atoms with E-state index in [4.69, 9.17) is 14.2 Å². The Morgan fingerprint density at radius 1 is 1.10 bits per heavy atom. The molecule has 0 heterocycles. The molecule has 2 aromatic carbocycles. The van der Waals surface area contributed by atoms with Gasteiger partial charge in [0.2, 0.25) is 5.91 Å². The van der Waals surface area contributed by atoms with E-state index < -0.39 is 0 Å². The van der Waals surface area contributed by atoms with Gasteiger partial charge in [0, 0.05) is 12.5 Å². The lowest BCUT2D eigenvalue weighted by Gasteiger charge is -2.13. The summed E-state index contributed by atoms with van der Waals surface area (Å²) in [4.78, 5) is 12.5. The van der Waals surface area contributed by atoms with Crippen molar-refractivity contribution in [1.29, 1.82) is 0 Å². The Morgan fingerprint density at radius 3 is 2.66 bits per heavy atom. The molecule has 0 spiro atoms. The number of methoxy groups -OCH3 is 2. The molecular weight excluding hydrogens is 366 g/mol. The summed E-state index contributed by atoms with van der Waals surface area (Å²) < 4.78 is 16.6. The number of hydrogen-bond acceptors (Lipinski definition) is 4. The predicted octanol–water partition coefficient (Wildman–Crippen LogP) is 4.55. The maximum Gasteiger partial charge on any atom is 0.224 e. The first kappa shape index (κ1) is 21.0. The van der Waals surface area contributed by atoms with Crippen molar-refractivity contribution in [3.63, 3.8) is 0 Å². The minimum Gasteiger partial charge on any atom is -0.497 e. The highest BCUT2D eigenvalue weighted by molar-refractivity contribution is 5.82. The first-order valence-electron chi connectivity index (χ1n) is 10.2. The van der Waals surface area contributed by atoms with Gasteiger partial charge in [-0.05, 0) is 60.1 Å². The second kappa shape index (κ2) is 9.68. The third-order valence-electron chi connectivity index (χ3n) is 5.30. The number of benzene rings is 2. The summed E-state index contributed by atoms with van der Waals surface area (Å²) in [7, 11) is 3.29. The molecule has 1 amide bonds. The molecule has 0 radical (unpaired) electrons. The van der Waals surface area contributed by atoms with Crippen LogP contribution in [0.2, 0.25) is 0 Å². The zero-order valence-electron chi connectivity index (χ0n) is 17.7. The van der Waals surface area contributed by atoms with Crippen molar-refractivity contribution < 1.29 is 19.0 Å². The van der Waals surface area contributed by atoms with Crippen LogP contribution in [0.25, 0.3) is 0 Å². The van der Waals surface area contributed by atoms with Gasteiger partial charge in [-0.1, -0.05) is 32.0 Å². The van der Waals surface area contributed by atoms with Crippen molar-refractivity contribution >= 4 is 5.91 Å². The fourth-order valence-corrected chi connectivity index (χ4v) is 3.39. The Hall–Kier alpha value is -2.69. The Kier molecular flexibility index (Phi) is 7.02. The van der Waals surface area contributed by atoms with E-state index in [1.54, 1.807) is 14.2 Å². The average molecular weight is 398 g/mol. The van der Waals surface area contributed by atoms with Gasteiger partial charge in [0.25, 0.3) is 0 Å². The van der Waals surface area contributed by atoms with Crippen LogP contribution in [-0.4, -0.2) is 26.7 Å². The van der Waals surface area contributed by atoms with Gasteiger partial charge >= 0.3 is 0 Å². The van der Waals surface area contributed by atoms with Crippen LogP contribution in [0.3, 0.4) is 0 Å². The minimum absolute atomic E-state index is 0.0302. The molecule has 1 saturated carbocycles. The van der Waals surface area contributed by atoms with E-state index in [0.717, 1.165) is 35.5 Å². The van der Waals surface area contributed by atoms with E-state index in [-0.39, 0.29) is 17.7 Å². The third kappa shape index (κ3) is 5.66. The summed E-state index contributed by atoms with van der Waals surface area (Å²) in [6, 6.07) is 13.8. The minimum atomic E-state index is 0.0302. The second-order valence-corrected chi connectivity index (χ2v) is 7.96. The summed E-state index contributed by atoms with van der Waals surface area (Å²) in [6.07, 6.45) is 1.88. The molecule has 1 N–H and O–H groups in total. The highest BCUT2D eigenvalue weighted by Gasteiger charge is 2.43. The lowest BCUT2D eigenvalue weighted by atomic mass is 10.1. The molecule has 156 valence electrons. The molecule has 5 heteroatoms. The molecule has 0 aromatic heterocycles. The average Bonchev–Trinajstić information content (AvgIpc) is 3.53. The summed E-state index contributed by atoms with van der Waals surface area (Å²) >= 11 is 0. The number of carbonyl (C=O) groups is 1. The highest BCUT2D eigenvalue weighted by atomic mass is 16.5. The van der Waals surface area contributed by atoms with Crippen molar-refractivity contribution in [1.82, 2.24) is 5.32 Å². The monoisotopic (exact) mass is 397 g/mol. The molecule has 1 aliphatic rings. The third-order valence-corrected chi connectivity index (χ3v) is 5.30. The molecular formula is C24H31NO4. The summed E-state index contributed by atoms with van der Waals surface area (Å²) in [5, 5.41) is 3.05. The van der Waals surface area contributed by atoms with E-state index in [2.05, 4.69) is 25.2 Å². The van der Waals surface area contributed by atoms with Crippen LogP contribution in [0.5, 0.6) is 17.2 Å². The van der Waals surface area contributed by atoms with Gasteiger partial charge in [-0.15, -0.1) is 0 Å². The molecule has 1 fully saturated rings. The van der Waals surface area contributed by atoms with Crippen LogP contribution in [0.1, 0.15) is 43.7 Å². The first-order chi connectivity index (χ1) is 14.0. The van der Waals surface area contributed by atoms with Crippen LogP contribution in [0, 0.1) is 11.8 Å². The van der Waals surface area contributed by atoms with Gasteiger partial charge in [0.15, 0.2) is 11.5 Å². The summed E-state index contributed by atoms with van der Waals surface area (Å²) in [6.45, 7) is 5.48. The van der Waals surface area contributed by atoms with Gasteiger partial charge in [0.05, 0.1) is 20.8 Å². The van der Waals surface area contributed by atoms with E-state index >= 15 is 0 Å². The standard InChI is InChI=1S/C24H31NO4/c1-16(2)10-11-29-22-9-8-17(12-23(22)28-4)15-25-24(26)21-14-20(21)18-6-5-7-19(13-18)27-3/h5-9,12-13,16,20-21H,10-11,14-15H2,1-4H3,(H,25,26). The number of nitrogens with one attached hydrogen (secondary N) is 1. The molecule has 3 rings (SSSR count). The number of rotatable bonds is 10. The van der Waals surface area contributed by atoms with Crippen molar-refractivity contribution in [2.75, 3.05) is 20.8 Å². The fourth-order valence-electron chi connectivity index (χ4n) is 3.39. The Bertz CT molecular complexity index is 833. The number of hydrogen-bond donors (Lipinski definition) is 1. The topological polar surface area (TPSA) is 56.8 Å². The predicted molar refractivity (Wildman–Crippen MR) is 114 cm³/mol. The lowest BCUT2D eigenvalue weighted by Crippen LogP contribution is -2.24. The smallest absolute Gasteiger partial charge is 0.224 e. The largest absolute Gasteiger partial charge is 0.497 e. The Labute approximate surface area is 173 Å². The van der Waals surface area contributed by atoms with Gasteiger partial charge in [0.1, 0.15) is 5.75 Å². The maximum absolute atomic E-state index is 12.5. The molecule has 2 unspecified atom stereocenters. The van der Waals surface area contributed by atoms with Crippen molar-refractivity contribution in [2.45, 2.75) is 39.2 Å². The van der Waals surface area contributed by atoms with E-state index in [9.17, 15) is 4.79 Å². The van der Waals surface area contributed by atoms with Gasteiger partial charge < -0.3 is 19.5 Å². The number of ether oxygens (including phenoxy) is 3. The number of carbonyl (C=O) groups excluding carboxylic acids is 1. The lowest BCUT2D eigenvalue weighted by molar-refractivity contribution is -0.122. The molecule has 0 aliphatic heterocycles. The van der Waals surface area contributed by atoms with Gasteiger partial charge in [-0.3, -0.25) is 4.79 Å². The van der Waals surface area contributed by atoms with Crippen molar-refractivity contribution in [3.05, 3.63) is 53.6 Å². The molecule has 1 aliphatic carbocycles. The normalized spacial score (nSPS) is 17.7. The second-order valence-electron chi connectivity index (χ2n) is 7.96. The quantitative estimate of drug-likeness (QED) is 0.639. The fraction of sp³-hybridized carbons (Fsp3) is 0.458. The van der Waals surface area contributed by atoms with E-state index in [1.165, 1.54) is 0 Å². The molecule has 2 atom stereocenters. The van der Waals surface area contributed by atoms with Crippen LogP contribution < -0.4 is 19.5 Å². The molecule has 29 heavy (non-hydrogen) atoms. The zero-order chi connectivity index (χ0) is 20.8. The van der Waals surface area contributed by atoms with Crippen LogP contribution in [0.15, 0.2) is 42.5 Å². The Balaban J connectivity index is 1.52. The van der Waals surface area contributed by atoms with E-state index in [1.807, 2.05) is 36.4 Å². The molecule has 5 nitrogen and oxygen atoms in total. The van der Waals surface area contributed by atoms with Crippen molar-refractivity contribution in [3.8, 4) is 17.2 Å². The van der Waals surface area contributed by atoms with Crippen LogP contribution in [0.4, 0.5) is 0 Å². The number of amides is 1. The highest BCUT2D eigenvalue weighted by Crippen LogP contribution is 2.48. The van der Waals surface area contributed by atoms with Crippen LogP contribution >= 0.6 is 0 Å². The molecule has 0 bridgehead atoms. The molecule has 0 saturated heterocycles. The van der Waals surface area contributed by atoms with Gasteiger partial charge in [-0.25, -0.2) is 0 Å². The SMILES string of the molecule is COc1cccc(C2CC2C(=O)NCc2ccc(OCCC(C)C)c(OC)c2)c1. The maximum atomic E-state index is 12.5. The summed E-state index contributed by atoms with van der Waals surface area (Å²) in [5.41, 5.74) is 2.15. The molecule has 2 aromatic rings.